The molecule has 230 valence electrons. The maximum atomic E-state index is 15.4. The zero-order valence-corrected chi connectivity index (χ0v) is 25.6. The quantitative estimate of drug-likeness (QED) is 0.351. The van der Waals surface area contributed by atoms with E-state index in [0.29, 0.717) is 55.1 Å². The fourth-order valence-electron chi connectivity index (χ4n) is 5.83. The summed E-state index contributed by atoms with van der Waals surface area (Å²) in [5.41, 5.74) is 1.19. The zero-order chi connectivity index (χ0) is 30.2. The monoisotopic (exact) mass is 603 g/mol. The highest BCUT2D eigenvalue weighted by Crippen LogP contribution is 2.38. The van der Waals surface area contributed by atoms with Crippen LogP contribution < -0.4 is 10.1 Å². The van der Waals surface area contributed by atoms with E-state index < -0.39 is 5.82 Å². The predicted octanol–water partition coefficient (Wildman–Crippen LogP) is 5.01. The molecule has 2 saturated heterocycles. The third-order valence-corrected chi connectivity index (χ3v) is 8.48. The molecule has 42 heavy (non-hydrogen) atoms. The molecule has 0 unspecified atom stereocenters. The molecule has 0 bridgehead atoms. The van der Waals surface area contributed by atoms with Crippen LogP contribution in [0.3, 0.4) is 0 Å². The maximum absolute atomic E-state index is 15.4. The average molecular weight is 604 g/mol. The van der Waals surface area contributed by atoms with Gasteiger partial charge in [0, 0.05) is 75.2 Å². The first-order valence-electron chi connectivity index (χ1n) is 14.9. The Bertz CT molecular complexity index is 1230. The predicted molar refractivity (Wildman–Crippen MR) is 162 cm³/mol. The second kappa shape index (κ2) is 15.1. The molecule has 2 aromatic rings. The van der Waals surface area contributed by atoms with Crippen molar-refractivity contribution >= 4 is 23.4 Å². The highest BCUT2D eigenvalue weighted by atomic mass is 35.5. The van der Waals surface area contributed by atoms with Gasteiger partial charge in [0.2, 0.25) is 0 Å². The number of hydrogen-bond donors (Lipinski definition) is 2. The minimum atomic E-state index is -0.528. The van der Waals surface area contributed by atoms with Gasteiger partial charge in [-0.3, -0.25) is 9.59 Å². The normalized spacial score (nSPS) is 17.9. The third-order valence-electron chi connectivity index (χ3n) is 8.17. The average Bonchev–Trinajstić information content (AvgIpc) is 3.00. The Hall–Kier alpha value is -2.72. The minimum absolute atomic E-state index is 0.0376. The molecule has 0 aromatic heterocycles. The molecular weight excluding hydrogens is 561 g/mol. The number of aliphatic hydroxyl groups excluding tert-OH is 1. The van der Waals surface area contributed by atoms with Gasteiger partial charge in [0.25, 0.3) is 11.8 Å². The molecule has 2 aliphatic rings. The smallest absolute Gasteiger partial charge is 0.256 e. The molecule has 2 aliphatic heterocycles. The number of hydrogen-bond acceptors (Lipinski definition) is 6. The number of nitrogens with one attached hydrogen (secondary N) is 1. The van der Waals surface area contributed by atoms with Gasteiger partial charge >= 0.3 is 0 Å². The van der Waals surface area contributed by atoms with E-state index in [0.717, 1.165) is 32.2 Å². The first-order valence-corrected chi connectivity index (χ1v) is 15.3. The lowest BCUT2D eigenvalue weighted by Crippen LogP contribution is -2.51. The van der Waals surface area contributed by atoms with E-state index in [1.54, 1.807) is 24.1 Å². The third kappa shape index (κ3) is 7.61. The SMILES string of the molecule is COCCCOc1cc(C(=O)N(C(C)C)[C@@H]2CCCNC2)c(Cl)cc1-c1cc(C(=O)N2CCC(CO)CC2)ccc1F. The summed E-state index contributed by atoms with van der Waals surface area (Å²) in [6.45, 7) is 7.58. The van der Waals surface area contributed by atoms with Crippen LogP contribution in [0.5, 0.6) is 5.75 Å². The van der Waals surface area contributed by atoms with E-state index in [-0.39, 0.29) is 53.6 Å². The second-order valence-electron chi connectivity index (χ2n) is 11.4. The van der Waals surface area contributed by atoms with E-state index in [2.05, 4.69) is 5.32 Å². The number of rotatable bonds is 11. The molecule has 10 heteroatoms. The molecule has 2 amide bonds. The largest absolute Gasteiger partial charge is 0.493 e. The highest BCUT2D eigenvalue weighted by Gasteiger charge is 2.31. The summed E-state index contributed by atoms with van der Waals surface area (Å²) in [5, 5.41) is 13.0. The van der Waals surface area contributed by atoms with Crippen molar-refractivity contribution in [1.29, 1.82) is 0 Å². The van der Waals surface area contributed by atoms with Crippen LogP contribution in [0, 0.1) is 11.7 Å². The number of benzene rings is 2. The van der Waals surface area contributed by atoms with Gasteiger partial charge in [-0.15, -0.1) is 0 Å². The molecule has 4 rings (SSSR count). The Kier molecular flexibility index (Phi) is 11.6. The molecule has 0 spiro atoms. The van der Waals surface area contributed by atoms with Gasteiger partial charge in [-0.25, -0.2) is 4.39 Å². The summed E-state index contributed by atoms with van der Waals surface area (Å²) in [6, 6.07) is 7.45. The lowest BCUT2D eigenvalue weighted by Gasteiger charge is -2.38. The van der Waals surface area contributed by atoms with Crippen molar-refractivity contribution < 1.29 is 28.6 Å². The Balaban J connectivity index is 1.69. The van der Waals surface area contributed by atoms with Crippen molar-refractivity contribution in [3.8, 4) is 16.9 Å². The Morgan fingerprint density at radius 2 is 1.90 bits per heavy atom. The van der Waals surface area contributed by atoms with E-state index >= 15 is 4.39 Å². The number of piperidine rings is 2. The van der Waals surface area contributed by atoms with Gasteiger partial charge < -0.3 is 29.7 Å². The van der Waals surface area contributed by atoms with Gasteiger partial charge in [-0.1, -0.05) is 11.6 Å². The Morgan fingerprint density at radius 1 is 1.14 bits per heavy atom. The van der Waals surface area contributed by atoms with E-state index in [1.807, 2.05) is 18.7 Å². The fraction of sp³-hybridized carbons (Fsp3) is 0.562. The lowest BCUT2D eigenvalue weighted by molar-refractivity contribution is 0.0572. The standard InChI is InChI=1S/C32H43ClFN3O5/c1-21(2)37(24-6-4-11-35-19-24)32(40)27-18-30(42-15-5-14-41-3)26(17-28(27)33)25-16-23(7-8-29(25)34)31(39)36-12-9-22(20-38)10-13-36/h7-8,16-18,21-22,24,35,38H,4-6,9-15,19-20H2,1-3H3/t24-/m1/s1. The molecule has 8 nitrogen and oxygen atoms in total. The van der Waals surface area contributed by atoms with Crippen LogP contribution in [0.4, 0.5) is 4.39 Å². The minimum Gasteiger partial charge on any atom is -0.493 e. The number of carbonyl (C=O) groups excluding carboxylic acids is 2. The molecule has 2 N–H and O–H groups in total. The molecule has 0 saturated carbocycles. The molecule has 2 aromatic carbocycles. The number of aliphatic hydroxyl groups is 1. The van der Waals surface area contributed by atoms with Crippen molar-refractivity contribution in [2.75, 3.05) is 53.1 Å². The van der Waals surface area contributed by atoms with Gasteiger partial charge in [0.1, 0.15) is 11.6 Å². The van der Waals surface area contributed by atoms with Crippen molar-refractivity contribution in [2.24, 2.45) is 5.92 Å². The highest BCUT2D eigenvalue weighted by molar-refractivity contribution is 6.34. The van der Waals surface area contributed by atoms with E-state index in [4.69, 9.17) is 21.1 Å². The summed E-state index contributed by atoms with van der Waals surface area (Å²) in [4.78, 5) is 30.8. The summed E-state index contributed by atoms with van der Waals surface area (Å²) in [5.74, 6) is -0.412. The number of likely N-dealkylation sites (tertiary alicyclic amines) is 1. The van der Waals surface area contributed by atoms with Gasteiger partial charge in [0.05, 0.1) is 17.2 Å². The van der Waals surface area contributed by atoms with Crippen molar-refractivity contribution in [3.63, 3.8) is 0 Å². The Labute approximate surface area is 253 Å². The lowest BCUT2D eigenvalue weighted by atomic mass is 9.96. The van der Waals surface area contributed by atoms with Crippen LogP contribution in [0.15, 0.2) is 30.3 Å². The van der Waals surface area contributed by atoms with Gasteiger partial charge in [0.15, 0.2) is 0 Å². The van der Waals surface area contributed by atoms with Crippen molar-refractivity contribution in [3.05, 3.63) is 52.3 Å². The van der Waals surface area contributed by atoms with Crippen LogP contribution in [0.2, 0.25) is 5.02 Å². The summed E-state index contributed by atoms with van der Waals surface area (Å²) in [7, 11) is 1.61. The van der Waals surface area contributed by atoms with Crippen LogP contribution in [0.25, 0.3) is 11.1 Å². The second-order valence-corrected chi connectivity index (χ2v) is 11.8. The van der Waals surface area contributed by atoms with Crippen LogP contribution >= 0.6 is 11.6 Å². The number of amides is 2. The molecule has 2 fully saturated rings. The topological polar surface area (TPSA) is 91.3 Å². The number of halogens is 2. The van der Waals surface area contributed by atoms with Gasteiger partial charge in [-0.2, -0.15) is 0 Å². The Morgan fingerprint density at radius 3 is 2.55 bits per heavy atom. The van der Waals surface area contributed by atoms with Gasteiger partial charge in [-0.05, 0) is 82.3 Å². The molecule has 1 atom stereocenters. The van der Waals surface area contributed by atoms with Crippen molar-refractivity contribution in [1.82, 2.24) is 15.1 Å². The van der Waals surface area contributed by atoms with E-state index in [9.17, 15) is 14.7 Å². The zero-order valence-electron chi connectivity index (χ0n) is 24.8. The first kappa shape index (κ1) is 32.2. The summed E-state index contributed by atoms with van der Waals surface area (Å²) in [6.07, 6.45) is 3.93. The van der Waals surface area contributed by atoms with E-state index in [1.165, 1.54) is 18.2 Å². The molecular formula is C32H43ClFN3O5. The van der Waals surface area contributed by atoms with Crippen LogP contribution in [-0.4, -0.2) is 91.9 Å². The summed E-state index contributed by atoms with van der Waals surface area (Å²) < 4.78 is 26.7. The number of methoxy groups -OCH3 is 1. The maximum Gasteiger partial charge on any atom is 0.256 e. The molecule has 0 aliphatic carbocycles. The van der Waals surface area contributed by atoms with Crippen molar-refractivity contribution in [2.45, 2.75) is 58.0 Å². The fourth-order valence-corrected chi connectivity index (χ4v) is 6.07. The first-order chi connectivity index (χ1) is 20.2. The number of nitrogens with zero attached hydrogens (tertiary/aromatic N) is 2. The number of ether oxygens (including phenoxy) is 2. The van der Waals surface area contributed by atoms with Crippen LogP contribution in [-0.2, 0) is 4.74 Å². The number of carbonyl (C=O) groups is 2. The van der Waals surface area contributed by atoms with Crippen LogP contribution in [0.1, 0.15) is 66.7 Å². The molecule has 2 heterocycles. The molecule has 0 radical (unpaired) electrons. The summed E-state index contributed by atoms with van der Waals surface area (Å²) >= 11 is 6.76.